The van der Waals surface area contributed by atoms with E-state index in [9.17, 15) is 14.9 Å². The zero-order valence-electron chi connectivity index (χ0n) is 16.1. The van der Waals surface area contributed by atoms with E-state index in [1.807, 2.05) is 32.0 Å². The largest absolute Gasteiger partial charge is 0.492 e. The Balaban J connectivity index is 2.05. The Morgan fingerprint density at radius 3 is 2.50 bits per heavy atom. The van der Waals surface area contributed by atoms with Crippen molar-refractivity contribution in [3.8, 4) is 11.8 Å². The van der Waals surface area contributed by atoms with Gasteiger partial charge in [0.25, 0.3) is 5.91 Å². The third kappa shape index (κ3) is 5.71. The van der Waals surface area contributed by atoms with Crippen LogP contribution in [0, 0.1) is 18.3 Å². The maximum absolute atomic E-state index is 12.4. The van der Waals surface area contributed by atoms with E-state index in [1.165, 1.54) is 13.0 Å². The minimum absolute atomic E-state index is 0.182. The molecule has 0 radical (unpaired) electrons. The number of benzene rings is 2. The highest BCUT2D eigenvalue weighted by atomic mass is 16.5. The maximum atomic E-state index is 12.4. The summed E-state index contributed by atoms with van der Waals surface area (Å²) in [5.41, 5.74) is 2.06. The fraction of sp³-hybridized carbons (Fsp3) is 0.227. The molecule has 0 aliphatic heterocycles. The van der Waals surface area contributed by atoms with E-state index in [1.54, 1.807) is 36.4 Å². The molecule has 0 unspecified atom stereocenters. The van der Waals surface area contributed by atoms with Crippen molar-refractivity contribution in [2.24, 2.45) is 0 Å². The number of anilines is 1. The van der Waals surface area contributed by atoms with Crippen LogP contribution in [0.4, 0.5) is 5.69 Å². The Morgan fingerprint density at radius 1 is 1.18 bits per heavy atom. The second-order valence-electron chi connectivity index (χ2n) is 6.05. The molecule has 0 fully saturated rings. The predicted octanol–water partition coefficient (Wildman–Crippen LogP) is 3.87. The molecule has 1 N–H and O–H groups in total. The van der Waals surface area contributed by atoms with Crippen LogP contribution in [0.15, 0.2) is 54.1 Å². The predicted molar refractivity (Wildman–Crippen MR) is 107 cm³/mol. The lowest BCUT2D eigenvalue weighted by Gasteiger charge is -2.15. The Morgan fingerprint density at radius 2 is 1.86 bits per heavy atom. The van der Waals surface area contributed by atoms with Crippen LogP contribution in [-0.2, 0) is 14.3 Å². The first-order valence-electron chi connectivity index (χ1n) is 8.86. The number of nitrogens with one attached hydrogen (secondary N) is 1. The Bertz CT molecular complexity index is 911. The zero-order valence-corrected chi connectivity index (χ0v) is 16.1. The average Bonchev–Trinajstić information content (AvgIpc) is 2.69. The Labute approximate surface area is 164 Å². The molecule has 0 saturated carbocycles. The van der Waals surface area contributed by atoms with Gasteiger partial charge in [-0.2, -0.15) is 5.26 Å². The van der Waals surface area contributed by atoms with E-state index in [-0.39, 0.29) is 5.57 Å². The highest BCUT2D eigenvalue weighted by molar-refractivity contribution is 6.01. The van der Waals surface area contributed by atoms with Crippen LogP contribution in [0.3, 0.4) is 0 Å². The minimum Gasteiger partial charge on any atom is -0.492 e. The SMILES string of the molecule is CCOc1ccccc1NC(=O)[C@H](C)OC(=O)/C(C#N)=C/c1ccc(C)cc1. The molecule has 0 bridgehead atoms. The van der Waals surface area contributed by atoms with Crippen LogP contribution in [0.5, 0.6) is 5.75 Å². The molecule has 0 heterocycles. The van der Waals surface area contributed by atoms with Gasteiger partial charge in [-0.1, -0.05) is 42.0 Å². The van der Waals surface area contributed by atoms with Gasteiger partial charge in [-0.25, -0.2) is 4.79 Å². The van der Waals surface area contributed by atoms with Gasteiger partial charge >= 0.3 is 5.97 Å². The van der Waals surface area contributed by atoms with Crippen LogP contribution in [0.2, 0.25) is 0 Å². The van der Waals surface area contributed by atoms with Crippen LogP contribution >= 0.6 is 0 Å². The van der Waals surface area contributed by atoms with Gasteiger partial charge in [0.15, 0.2) is 6.10 Å². The average molecular weight is 378 g/mol. The standard InChI is InChI=1S/C22H22N2O4/c1-4-27-20-8-6-5-7-19(20)24-21(25)16(3)28-22(26)18(14-23)13-17-11-9-15(2)10-12-17/h5-13,16H,4H2,1-3H3,(H,24,25)/b18-13+/t16-/m0/s1. The first kappa shape index (κ1) is 20.7. The third-order valence-electron chi connectivity index (χ3n) is 3.83. The summed E-state index contributed by atoms with van der Waals surface area (Å²) < 4.78 is 10.6. The van der Waals surface area contributed by atoms with Gasteiger partial charge in [0.1, 0.15) is 17.4 Å². The number of aryl methyl sites for hydroxylation is 1. The van der Waals surface area contributed by atoms with Gasteiger partial charge < -0.3 is 14.8 Å². The number of para-hydroxylation sites is 2. The summed E-state index contributed by atoms with van der Waals surface area (Å²) in [7, 11) is 0. The third-order valence-corrected chi connectivity index (χ3v) is 3.83. The number of ether oxygens (including phenoxy) is 2. The van der Waals surface area contributed by atoms with Crippen molar-refractivity contribution in [3.63, 3.8) is 0 Å². The van der Waals surface area contributed by atoms with Crippen molar-refractivity contribution in [2.75, 3.05) is 11.9 Å². The first-order chi connectivity index (χ1) is 13.4. The molecule has 0 saturated heterocycles. The van der Waals surface area contributed by atoms with Gasteiger partial charge in [0.05, 0.1) is 12.3 Å². The summed E-state index contributed by atoms with van der Waals surface area (Å²) in [6.07, 6.45) is 0.341. The van der Waals surface area contributed by atoms with Gasteiger partial charge in [0, 0.05) is 0 Å². The number of nitriles is 1. The van der Waals surface area contributed by atoms with Crippen molar-refractivity contribution in [2.45, 2.75) is 26.9 Å². The van der Waals surface area contributed by atoms with Gasteiger partial charge in [-0.15, -0.1) is 0 Å². The lowest BCUT2D eigenvalue weighted by Crippen LogP contribution is -2.30. The van der Waals surface area contributed by atoms with Gasteiger partial charge in [-0.05, 0) is 44.5 Å². The lowest BCUT2D eigenvalue weighted by atomic mass is 10.1. The summed E-state index contributed by atoms with van der Waals surface area (Å²) in [4.78, 5) is 24.6. The van der Waals surface area contributed by atoms with E-state index in [2.05, 4.69) is 5.32 Å². The molecule has 6 nitrogen and oxygen atoms in total. The maximum Gasteiger partial charge on any atom is 0.349 e. The quantitative estimate of drug-likeness (QED) is 0.449. The molecule has 0 aromatic heterocycles. The molecule has 28 heavy (non-hydrogen) atoms. The van der Waals surface area contributed by atoms with Gasteiger partial charge in [0.2, 0.25) is 0 Å². The lowest BCUT2D eigenvalue weighted by molar-refractivity contribution is -0.148. The topological polar surface area (TPSA) is 88.4 Å². The number of rotatable bonds is 7. The summed E-state index contributed by atoms with van der Waals surface area (Å²) in [5, 5.41) is 11.9. The molecule has 6 heteroatoms. The molecule has 0 aliphatic rings. The molecule has 144 valence electrons. The van der Waals surface area contributed by atoms with Crippen molar-refractivity contribution in [3.05, 3.63) is 65.2 Å². The Kier molecular flexibility index (Phi) is 7.35. The van der Waals surface area contributed by atoms with Crippen molar-refractivity contribution in [1.82, 2.24) is 0 Å². The van der Waals surface area contributed by atoms with Crippen LogP contribution in [-0.4, -0.2) is 24.6 Å². The second-order valence-corrected chi connectivity index (χ2v) is 6.05. The molecule has 0 spiro atoms. The molecule has 0 aliphatic carbocycles. The summed E-state index contributed by atoms with van der Waals surface area (Å²) >= 11 is 0. The van der Waals surface area contributed by atoms with Gasteiger partial charge in [-0.3, -0.25) is 4.79 Å². The Hall–Kier alpha value is -3.59. The smallest absolute Gasteiger partial charge is 0.349 e. The molecule has 2 aromatic carbocycles. The van der Waals surface area contributed by atoms with Crippen LogP contribution < -0.4 is 10.1 Å². The number of hydrogen-bond acceptors (Lipinski definition) is 5. The number of esters is 1. The van der Waals surface area contributed by atoms with E-state index >= 15 is 0 Å². The summed E-state index contributed by atoms with van der Waals surface area (Å²) in [5.74, 6) is -0.856. The van der Waals surface area contributed by atoms with E-state index in [0.29, 0.717) is 23.6 Å². The number of carbonyl (C=O) groups excluding carboxylic acids is 2. The minimum atomic E-state index is -1.09. The molecule has 2 rings (SSSR count). The second kappa shape index (κ2) is 9.93. The number of carbonyl (C=O) groups is 2. The molecule has 2 aromatic rings. The molecular formula is C22H22N2O4. The first-order valence-corrected chi connectivity index (χ1v) is 8.86. The number of amides is 1. The van der Waals surface area contributed by atoms with E-state index < -0.39 is 18.0 Å². The van der Waals surface area contributed by atoms with E-state index in [4.69, 9.17) is 9.47 Å². The zero-order chi connectivity index (χ0) is 20.5. The fourth-order valence-corrected chi connectivity index (χ4v) is 2.33. The molecule has 1 atom stereocenters. The van der Waals surface area contributed by atoms with Crippen LogP contribution in [0.25, 0.3) is 6.08 Å². The molecular weight excluding hydrogens is 356 g/mol. The number of hydrogen-bond donors (Lipinski definition) is 1. The highest BCUT2D eigenvalue weighted by Crippen LogP contribution is 2.24. The normalized spacial score (nSPS) is 11.9. The highest BCUT2D eigenvalue weighted by Gasteiger charge is 2.21. The fourth-order valence-electron chi connectivity index (χ4n) is 2.33. The summed E-state index contributed by atoms with van der Waals surface area (Å²) in [6.45, 7) is 5.67. The van der Waals surface area contributed by atoms with E-state index in [0.717, 1.165) is 5.56 Å². The van der Waals surface area contributed by atoms with Crippen molar-refractivity contribution >= 4 is 23.6 Å². The molecule has 1 amide bonds. The van der Waals surface area contributed by atoms with Crippen molar-refractivity contribution in [1.29, 1.82) is 5.26 Å². The van der Waals surface area contributed by atoms with Crippen molar-refractivity contribution < 1.29 is 19.1 Å². The van der Waals surface area contributed by atoms with Crippen LogP contribution in [0.1, 0.15) is 25.0 Å². The summed E-state index contributed by atoms with van der Waals surface area (Å²) in [6, 6.07) is 16.1. The number of nitrogens with zero attached hydrogens (tertiary/aromatic N) is 1. The monoisotopic (exact) mass is 378 g/mol.